The molecule has 160 valence electrons. The van der Waals surface area contributed by atoms with Gasteiger partial charge in [-0.25, -0.2) is 19.2 Å². The first-order valence-corrected chi connectivity index (χ1v) is 8.58. The van der Waals surface area contributed by atoms with Crippen molar-refractivity contribution >= 4 is 56.1 Å². The molecule has 0 amide bonds. The Morgan fingerprint density at radius 3 is 1.16 bits per heavy atom. The number of carbonyl (C=O) groups is 4. The normalized spacial score (nSPS) is 10.5. The van der Waals surface area contributed by atoms with Gasteiger partial charge in [-0.05, 0) is 12.1 Å². The fourth-order valence-corrected chi connectivity index (χ4v) is 3.66. The summed E-state index contributed by atoms with van der Waals surface area (Å²) in [7, 11) is 0. The molecule has 0 aliphatic rings. The summed E-state index contributed by atoms with van der Waals surface area (Å²) in [6.45, 7) is 0. The summed E-state index contributed by atoms with van der Waals surface area (Å²) in [4.78, 5) is 56.4. The topological polar surface area (TPSA) is 203 Å². The molecule has 0 radical (unpaired) electrons. The molecule has 1 heterocycles. The van der Waals surface area contributed by atoms with Crippen molar-refractivity contribution in [1.29, 1.82) is 0 Å². The number of hydrogen-bond donors (Lipinski definition) is 4. The fraction of sp³-hybridized carbons (Fsp3) is 0. The molecule has 0 bridgehead atoms. The van der Waals surface area contributed by atoms with E-state index in [4.69, 9.17) is 20.4 Å². The van der Waals surface area contributed by atoms with E-state index in [-0.39, 0.29) is 20.2 Å². The van der Waals surface area contributed by atoms with Crippen molar-refractivity contribution in [3.63, 3.8) is 0 Å². The summed E-state index contributed by atoms with van der Waals surface area (Å²) in [5, 5.41) is 35.1. The highest BCUT2D eigenvalue weighted by molar-refractivity contribution is 7.24. The van der Waals surface area contributed by atoms with E-state index in [9.17, 15) is 24.0 Å². The van der Waals surface area contributed by atoms with Crippen LogP contribution in [0.1, 0.15) is 0 Å². The maximum absolute atomic E-state index is 12.9. The molecule has 0 fully saturated rings. The zero-order valence-corrected chi connectivity index (χ0v) is 15.5. The van der Waals surface area contributed by atoms with Crippen molar-refractivity contribution in [3.8, 4) is 23.0 Å². The molecule has 0 atom stereocenters. The van der Waals surface area contributed by atoms with E-state index in [2.05, 4.69) is 18.9 Å². The van der Waals surface area contributed by atoms with Gasteiger partial charge in [0.05, 0.1) is 0 Å². The predicted octanol–water partition coefficient (Wildman–Crippen LogP) is 3.64. The largest absolute Gasteiger partial charge is 0.511 e. The number of ether oxygens (including phenoxy) is 4. The van der Waals surface area contributed by atoms with Crippen LogP contribution in [0.4, 0.5) is 19.2 Å². The average molecular weight is 452 g/mol. The fourth-order valence-electron chi connectivity index (χ4n) is 2.57. The lowest BCUT2D eigenvalue weighted by Gasteiger charge is -2.11. The summed E-state index contributed by atoms with van der Waals surface area (Å²) in [6, 6.07) is 3.98. The zero-order valence-electron chi connectivity index (χ0n) is 14.7. The highest BCUT2D eigenvalue weighted by atomic mass is 32.1. The Bertz CT molecular complexity index is 1230. The molecule has 1 aromatic heterocycles. The Hall–Kier alpha value is -4.59. The molecule has 0 unspecified atom stereocenters. The van der Waals surface area contributed by atoms with E-state index in [0.29, 0.717) is 0 Å². The van der Waals surface area contributed by atoms with E-state index in [1.54, 1.807) is 0 Å². The molecular weight excluding hydrogens is 444 g/mol. The van der Waals surface area contributed by atoms with Crippen LogP contribution >= 0.6 is 11.3 Å². The molecule has 3 rings (SSSR count). The number of fused-ring (bicyclic) bond motifs is 2. The lowest BCUT2D eigenvalue weighted by molar-refractivity contribution is 0.133. The first-order valence-electron chi connectivity index (χ1n) is 7.77. The lowest BCUT2D eigenvalue weighted by Crippen LogP contribution is -2.11. The minimum Gasteiger partial charge on any atom is -0.449 e. The van der Waals surface area contributed by atoms with E-state index in [1.807, 2.05) is 0 Å². The van der Waals surface area contributed by atoms with Crippen LogP contribution in [0.2, 0.25) is 0 Å². The average Bonchev–Trinajstić information content (AvgIpc) is 2.62. The van der Waals surface area contributed by atoms with Gasteiger partial charge in [-0.2, -0.15) is 0 Å². The summed E-state index contributed by atoms with van der Waals surface area (Å²) in [5.74, 6) is -2.16. The molecule has 0 aliphatic carbocycles. The number of hydrogen-bond acceptors (Lipinski definition) is 10. The van der Waals surface area contributed by atoms with Gasteiger partial charge in [-0.3, -0.25) is 4.79 Å². The predicted molar refractivity (Wildman–Crippen MR) is 100 cm³/mol. The number of rotatable bonds is 4. The third-order valence-corrected chi connectivity index (χ3v) is 4.71. The molecule has 3 aromatic rings. The van der Waals surface area contributed by atoms with Gasteiger partial charge in [-0.15, -0.1) is 11.3 Å². The Labute approximate surface area is 172 Å². The van der Waals surface area contributed by atoms with Gasteiger partial charge in [0.1, 0.15) is 0 Å². The van der Waals surface area contributed by atoms with E-state index < -0.39 is 53.0 Å². The standard InChI is InChI=1S/C17H8O13S/c18-13-5-1-7(27-14(19)20)9(29-16(23)24)3-11(5)31-12-4-10(30-17(25)26)8(2-6(12)13)28-15(21)22/h1-4H,(H,19,20)(H,21,22)(H,23,24)(H,25,26). The zero-order chi connectivity index (χ0) is 22.9. The Kier molecular flexibility index (Phi) is 5.48. The summed E-state index contributed by atoms with van der Waals surface area (Å²) in [5.41, 5.74) is -0.738. The second-order valence-electron chi connectivity index (χ2n) is 5.49. The van der Waals surface area contributed by atoms with Gasteiger partial charge in [0, 0.05) is 32.3 Å². The quantitative estimate of drug-likeness (QED) is 0.254. The Balaban J connectivity index is 2.33. The van der Waals surface area contributed by atoms with Crippen LogP contribution in [0.3, 0.4) is 0 Å². The highest BCUT2D eigenvalue weighted by Crippen LogP contribution is 2.39. The first kappa shape index (κ1) is 21.1. The summed E-state index contributed by atoms with van der Waals surface area (Å²) < 4.78 is 18.2. The van der Waals surface area contributed by atoms with Gasteiger partial charge in [-0.1, -0.05) is 0 Å². The third-order valence-electron chi connectivity index (χ3n) is 3.59. The van der Waals surface area contributed by atoms with Crippen molar-refractivity contribution in [2.24, 2.45) is 0 Å². The molecule has 13 nitrogen and oxygen atoms in total. The van der Waals surface area contributed by atoms with Crippen LogP contribution in [0.15, 0.2) is 29.1 Å². The first-order chi connectivity index (χ1) is 14.5. The third kappa shape index (κ3) is 4.54. The second kappa shape index (κ2) is 8.03. The van der Waals surface area contributed by atoms with Crippen LogP contribution in [0, 0.1) is 0 Å². The molecule has 31 heavy (non-hydrogen) atoms. The van der Waals surface area contributed by atoms with Gasteiger partial charge in [0.2, 0.25) is 0 Å². The van der Waals surface area contributed by atoms with Crippen LogP contribution < -0.4 is 24.4 Å². The Morgan fingerprint density at radius 1 is 0.581 bits per heavy atom. The monoisotopic (exact) mass is 452 g/mol. The van der Waals surface area contributed by atoms with Gasteiger partial charge < -0.3 is 39.4 Å². The minimum absolute atomic E-state index is 0.111. The van der Waals surface area contributed by atoms with Crippen LogP contribution in [-0.2, 0) is 0 Å². The van der Waals surface area contributed by atoms with Crippen molar-refractivity contribution in [3.05, 3.63) is 34.5 Å². The molecule has 0 spiro atoms. The second-order valence-corrected chi connectivity index (χ2v) is 6.58. The molecule has 2 aromatic carbocycles. The summed E-state index contributed by atoms with van der Waals surface area (Å²) >= 11 is 0.851. The molecule has 4 N–H and O–H groups in total. The Morgan fingerprint density at radius 2 is 0.871 bits per heavy atom. The maximum atomic E-state index is 12.9. The molecule has 0 saturated carbocycles. The van der Waals surface area contributed by atoms with Gasteiger partial charge >= 0.3 is 24.6 Å². The van der Waals surface area contributed by atoms with Gasteiger partial charge in [0.15, 0.2) is 28.4 Å². The van der Waals surface area contributed by atoms with Crippen molar-refractivity contribution < 1.29 is 58.6 Å². The van der Waals surface area contributed by atoms with E-state index >= 15 is 0 Å². The number of benzene rings is 2. The highest BCUT2D eigenvalue weighted by Gasteiger charge is 2.20. The van der Waals surface area contributed by atoms with Crippen LogP contribution in [-0.4, -0.2) is 45.0 Å². The maximum Gasteiger partial charge on any atom is 0.511 e. The van der Waals surface area contributed by atoms with Crippen molar-refractivity contribution in [2.45, 2.75) is 0 Å². The summed E-state index contributed by atoms with van der Waals surface area (Å²) in [6.07, 6.45) is -7.12. The van der Waals surface area contributed by atoms with Crippen LogP contribution in [0.5, 0.6) is 23.0 Å². The van der Waals surface area contributed by atoms with E-state index in [0.717, 1.165) is 35.6 Å². The van der Waals surface area contributed by atoms with Gasteiger partial charge in [0.25, 0.3) is 0 Å². The van der Waals surface area contributed by atoms with Crippen LogP contribution in [0.25, 0.3) is 20.2 Å². The molecule has 0 aliphatic heterocycles. The van der Waals surface area contributed by atoms with Crippen molar-refractivity contribution in [2.75, 3.05) is 0 Å². The van der Waals surface area contributed by atoms with E-state index in [1.165, 1.54) is 0 Å². The molecule has 14 heteroatoms. The number of carboxylic acid groups (broad SMARTS) is 4. The molecular formula is C17H8O13S. The minimum atomic E-state index is -1.79. The van der Waals surface area contributed by atoms with Crippen molar-refractivity contribution in [1.82, 2.24) is 0 Å². The smallest absolute Gasteiger partial charge is 0.449 e. The SMILES string of the molecule is O=C(O)Oc1cc2sc3cc(OC(=O)O)c(OC(=O)O)cc3c(=O)c2cc1OC(=O)O. The molecule has 0 saturated heterocycles. The lowest BCUT2D eigenvalue weighted by atomic mass is 10.1.